The molecule has 0 amide bonds. The van der Waals surface area contributed by atoms with Crippen molar-refractivity contribution in [3.63, 3.8) is 0 Å². The van der Waals surface area contributed by atoms with Crippen LogP contribution in [0.5, 0.6) is 0 Å². The van der Waals surface area contributed by atoms with Crippen molar-refractivity contribution in [2.24, 2.45) is 0 Å². The average Bonchev–Trinajstić information content (AvgIpc) is 2.38. The molecule has 5 nitrogen and oxygen atoms in total. The van der Waals surface area contributed by atoms with E-state index in [2.05, 4.69) is 0 Å². The fourth-order valence-corrected chi connectivity index (χ4v) is 3.45. The van der Waals surface area contributed by atoms with Gasteiger partial charge >= 0.3 is 0 Å². The van der Waals surface area contributed by atoms with Crippen LogP contribution in [0.15, 0.2) is 24.3 Å². The summed E-state index contributed by atoms with van der Waals surface area (Å²) in [6, 6.07) is 7.90. The van der Waals surface area contributed by atoms with Crippen LogP contribution in [0, 0.1) is 0 Å². The predicted octanol–water partition coefficient (Wildman–Crippen LogP) is 0.214. The first-order valence-electron chi connectivity index (χ1n) is 5.95. The van der Waals surface area contributed by atoms with E-state index in [0.29, 0.717) is 13.1 Å². The number of rotatable bonds is 4. The first-order valence-corrected chi connectivity index (χ1v) is 7.34. The molecule has 1 N–H and O–H groups in total. The number of fused-ring (bicyclic) bond motifs is 1. The number of hydrogen-bond acceptors (Lipinski definition) is 3. The van der Waals surface area contributed by atoms with E-state index in [-0.39, 0.29) is 13.2 Å². The average molecular weight is 270 g/mol. The lowest BCUT2D eigenvalue weighted by atomic mass is 10.0. The zero-order valence-electron chi connectivity index (χ0n) is 10.4. The van der Waals surface area contributed by atoms with Gasteiger partial charge in [-0.25, -0.2) is 0 Å². The molecular formula is C12H18N2O3S. The molecule has 0 radical (unpaired) electrons. The Morgan fingerprint density at radius 2 is 2.00 bits per heavy atom. The molecule has 6 heteroatoms. The van der Waals surface area contributed by atoms with Crippen molar-refractivity contribution in [1.29, 1.82) is 0 Å². The van der Waals surface area contributed by atoms with E-state index in [0.717, 1.165) is 12.0 Å². The Labute approximate surface area is 108 Å². The van der Waals surface area contributed by atoms with Gasteiger partial charge in [-0.2, -0.15) is 17.0 Å². The minimum absolute atomic E-state index is 0.125. The standard InChI is InChI=1S/C12H18N2O3S/c1-13(8-9-15)18(16,17)14-7-6-11-4-2-3-5-12(11)10-14/h2-5,15H,6-10H2,1H3. The van der Waals surface area contributed by atoms with E-state index in [4.69, 9.17) is 5.11 Å². The van der Waals surface area contributed by atoms with Gasteiger partial charge in [0.05, 0.1) is 6.61 Å². The summed E-state index contributed by atoms with van der Waals surface area (Å²) in [6.07, 6.45) is 0.738. The van der Waals surface area contributed by atoms with Gasteiger partial charge in [0, 0.05) is 26.7 Å². The van der Waals surface area contributed by atoms with Gasteiger partial charge in [0.2, 0.25) is 0 Å². The van der Waals surface area contributed by atoms with Crippen molar-refractivity contribution in [1.82, 2.24) is 8.61 Å². The fraction of sp³-hybridized carbons (Fsp3) is 0.500. The van der Waals surface area contributed by atoms with Crippen LogP contribution in [0.2, 0.25) is 0 Å². The Hall–Kier alpha value is -0.950. The molecule has 18 heavy (non-hydrogen) atoms. The van der Waals surface area contributed by atoms with E-state index in [1.807, 2.05) is 24.3 Å². The highest BCUT2D eigenvalue weighted by atomic mass is 32.2. The molecule has 0 saturated heterocycles. The number of aliphatic hydroxyl groups excluding tert-OH is 1. The second kappa shape index (κ2) is 5.36. The summed E-state index contributed by atoms with van der Waals surface area (Å²) in [7, 11) is -1.97. The van der Waals surface area contributed by atoms with Crippen LogP contribution in [-0.4, -0.2) is 48.9 Å². The second-order valence-corrected chi connectivity index (χ2v) is 6.44. The number of aliphatic hydroxyl groups is 1. The molecule has 1 aliphatic rings. The van der Waals surface area contributed by atoms with E-state index in [1.165, 1.54) is 21.2 Å². The smallest absolute Gasteiger partial charge is 0.282 e. The summed E-state index contributed by atoms with van der Waals surface area (Å²) >= 11 is 0. The molecule has 1 aromatic rings. The maximum absolute atomic E-state index is 12.2. The summed E-state index contributed by atoms with van der Waals surface area (Å²) in [5.74, 6) is 0. The molecule has 2 rings (SSSR count). The minimum Gasteiger partial charge on any atom is -0.395 e. The Kier molecular flexibility index (Phi) is 4.01. The third-order valence-corrected chi connectivity index (χ3v) is 5.17. The Balaban J connectivity index is 2.18. The van der Waals surface area contributed by atoms with E-state index >= 15 is 0 Å². The van der Waals surface area contributed by atoms with Crippen LogP contribution in [-0.2, 0) is 23.2 Å². The Morgan fingerprint density at radius 3 is 2.67 bits per heavy atom. The van der Waals surface area contributed by atoms with Gasteiger partial charge in [-0.15, -0.1) is 0 Å². The number of benzene rings is 1. The maximum atomic E-state index is 12.2. The van der Waals surface area contributed by atoms with E-state index in [1.54, 1.807) is 0 Å². The van der Waals surface area contributed by atoms with Crippen molar-refractivity contribution in [3.05, 3.63) is 35.4 Å². The molecule has 1 aromatic carbocycles. The topological polar surface area (TPSA) is 60.9 Å². The highest BCUT2D eigenvalue weighted by molar-refractivity contribution is 7.86. The molecule has 0 spiro atoms. The molecule has 0 aliphatic carbocycles. The number of nitrogens with zero attached hydrogens (tertiary/aromatic N) is 2. The van der Waals surface area contributed by atoms with Crippen LogP contribution in [0.3, 0.4) is 0 Å². The molecule has 0 saturated carbocycles. The molecule has 100 valence electrons. The minimum atomic E-state index is -3.46. The Morgan fingerprint density at radius 1 is 1.33 bits per heavy atom. The van der Waals surface area contributed by atoms with Crippen LogP contribution in [0.4, 0.5) is 0 Å². The van der Waals surface area contributed by atoms with Crippen LogP contribution in [0.1, 0.15) is 11.1 Å². The Bertz CT molecular complexity index is 516. The third kappa shape index (κ3) is 2.56. The van der Waals surface area contributed by atoms with Gasteiger partial charge in [-0.1, -0.05) is 24.3 Å². The normalized spacial score (nSPS) is 16.8. The molecule has 0 bridgehead atoms. The number of hydrogen-bond donors (Lipinski definition) is 1. The summed E-state index contributed by atoms with van der Waals surface area (Å²) in [5.41, 5.74) is 2.28. The van der Waals surface area contributed by atoms with Crippen molar-refractivity contribution < 1.29 is 13.5 Å². The highest BCUT2D eigenvalue weighted by Gasteiger charge is 2.29. The quantitative estimate of drug-likeness (QED) is 0.851. The van der Waals surface area contributed by atoms with Crippen LogP contribution < -0.4 is 0 Å². The lowest BCUT2D eigenvalue weighted by molar-refractivity contribution is 0.256. The lowest BCUT2D eigenvalue weighted by Gasteiger charge is -2.31. The third-order valence-electron chi connectivity index (χ3n) is 3.23. The first kappa shape index (κ1) is 13.5. The molecule has 0 atom stereocenters. The molecular weight excluding hydrogens is 252 g/mol. The lowest BCUT2D eigenvalue weighted by Crippen LogP contribution is -2.45. The monoisotopic (exact) mass is 270 g/mol. The summed E-state index contributed by atoms with van der Waals surface area (Å²) in [4.78, 5) is 0. The van der Waals surface area contributed by atoms with Gasteiger partial charge in [-0.3, -0.25) is 0 Å². The van der Waals surface area contributed by atoms with Crippen molar-refractivity contribution >= 4 is 10.2 Å². The molecule has 0 aromatic heterocycles. The van der Waals surface area contributed by atoms with Gasteiger partial charge in [0.25, 0.3) is 10.2 Å². The van der Waals surface area contributed by atoms with Gasteiger partial charge in [0.1, 0.15) is 0 Å². The zero-order chi connectivity index (χ0) is 13.2. The zero-order valence-corrected chi connectivity index (χ0v) is 11.2. The first-order chi connectivity index (χ1) is 8.55. The summed E-state index contributed by atoms with van der Waals surface area (Å²) in [6.45, 7) is 0.865. The largest absolute Gasteiger partial charge is 0.395 e. The van der Waals surface area contributed by atoms with Crippen LogP contribution in [0.25, 0.3) is 0 Å². The van der Waals surface area contributed by atoms with E-state index < -0.39 is 10.2 Å². The van der Waals surface area contributed by atoms with Crippen molar-refractivity contribution in [2.75, 3.05) is 26.7 Å². The van der Waals surface area contributed by atoms with Gasteiger partial charge in [0.15, 0.2) is 0 Å². The molecule has 0 unspecified atom stereocenters. The summed E-state index contributed by atoms with van der Waals surface area (Å²) in [5, 5.41) is 8.83. The van der Waals surface area contributed by atoms with E-state index in [9.17, 15) is 8.42 Å². The van der Waals surface area contributed by atoms with Crippen molar-refractivity contribution in [2.45, 2.75) is 13.0 Å². The second-order valence-electron chi connectivity index (χ2n) is 4.41. The van der Waals surface area contributed by atoms with Gasteiger partial charge in [-0.05, 0) is 17.5 Å². The summed E-state index contributed by atoms with van der Waals surface area (Å²) < 4.78 is 27.1. The maximum Gasteiger partial charge on any atom is 0.282 e. The van der Waals surface area contributed by atoms with Gasteiger partial charge < -0.3 is 5.11 Å². The number of likely N-dealkylation sites (N-methyl/N-ethyl adjacent to an activating group) is 1. The van der Waals surface area contributed by atoms with Crippen LogP contribution >= 0.6 is 0 Å². The molecule has 1 heterocycles. The molecule has 0 fully saturated rings. The highest BCUT2D eigenvalue weighted by Crippen LogP contribution is 2.21. The predicted molar refractivity (Wildman–Crippen MR) is 69.2 cm³/mol. The SMILES string of the molecule is CN(CCO)S(=O)(=O)N1CCc2ccccc2C1. The fourth-order valence-electron chi connectivity index (χ4n) is 2.12. The van der Waals surface area contributed by atoms with Crippen molar-refractivity contribution in [3.8, 4) is 0 Å². The molecule has 1 aliphatic heterocycles.